The number of carbonyl (C=O) groups is 1. The molecule has 1 atom stereocenters. The molecule has 0 radical (unpaired) electrons. The molecule has 0 heterocycles. The van der Waals surface area contributed by atoms with Gasteiger partial charge in [-0.1, -0.05) is 55.5 Å². The predicted molar refractivity (Wildman–Crippen MR) is 101 cm³/mol. The van der Waals surface area contributed by atoms with Crippen LogP contribution in [0.2, 0.25) is 0 Å². The lowest BCUT2D eigenvalue weighted by Crippen LogP contribution is -2.12. The van der Waals surface area contributed by atoms with E-state index in [2.05, 4.69) is 5.32 Å². The highest BCUT2D eigenvalue weighted by Crippen LogP contribution is 2.15. The van der Waals surface area contributed by atoms with Crippen molar-refractivity contribution in [3.63, 3.8) is 0 Å². The third-order valence-corrected chi connectivity index (χ3v) is 4.86. The Kier molecular flexibility index (Phi) is 6.94. The summed E-state index contributed by atoms with van der Waals surface area (Å²) in [5.74, 6) is 0.914. The standard InChI is InChI=1S/C20H23NO2S/c1-3-8-16(2)20(22)21-19-12-7-11-18(13-19)15-24(23)14-17-9-5-4-6-10-17/h4-13H,3,14-15H2,1-2H3,(H,21,22)/b16-8+. The van der Waals surface area contributed by atoms with Crippen LogP contribution in [0.25, 0.3) is 0 Å². The van der Waals surface area contributed by atoms with E-state index in [0.717, 1.165) is 23.2 Å². The monoisotopic (exact) mass is 341 g/mol. The first-order valence-electron chi connectivity index (χ1n) is 8.04. The van der Waals surface area contributed by atoms with Crippen LogP contribution in [0.15, 0.2) is 66.2 Å². The Hall–Kier alpha value is -2.20. The summed E-state index contributed by atoms with van der Waals surface area (Å²) < 4.78 is 12.3. The van der Waals surface area contributed by atoms with Crippen molar-refractivity contribution in [3.8, 4) is 0 Å². The van der Waals surface area contributed by atoms with Crippen LogP contribution in [0.1, 0.15) is 31.4 Å². The van der Waals surface area contributed by atoms with Crippen LogP contribution in [0.3, 0.4) is 0 Å². The number of rotatable bonds is 7. The van der Waals surface area contributed by atoms with Crippen molar-refractivity contribution in [2.75, 3.05) is 5.32 Å². The molecule has 0 aromatic heterocycles. The van der Waals surface area contributed by atoms with Gasteiger partial charge in [0.25, 0.3) is 5.91 Å². The molecule has 2 aromatic rings. The van der Waals surface area contributed by atoms with Crippen molar-refractivity contribution in [1.29, 1.82) is 0 Å². The van der Waals surface area contributed by atoms with Crippen molar-refractivity contribution in [2.45, 2.75) is 31.8 Å². The molecule has 3 nitrogen and oxygen atoms in total. The molecule has 0 fully saturated rings. The van der Waals surface area contributed by atoms with Crippen molar-refractivity contribution in [1.82, 2.24) is 0 Å². The molecule has 24 heavy (non-hydrogen) atoms. The van der Waals surface area contributed by atoms with Crippen LogP contribution >= 0.6 is 0 Å². The quantitative estimate of drug-likeness (QED) is 0.757. The Balaban J connectivity index is 1.98. The molecule has 0 aliphatic heterocycles. The zero-order chi connectivity index (χ0) is 17.4. The van der Waals surface area contributed by atoms with Crippen LogP contribution < -0.4 is 5.32 Å². The number of anilines is 1. The second-order valence-electron chi connectivity index (χ2n) is 5.66. The van der Waals surface area contributed by atoms with Crippen molar-refractivity contribution in [3.05, 3.63) is 77.4 Å². The molecule has 4 heteroatoms. The van der Waals surface area contributed by atoms with Crippen molar-refractivity contribution in [2.24, 2.45) is 0 Å². The number of carbonyl (C=O) groups excluding carboxylic acids is 1. The van der Waals surface area contributed by atoms with E-state index in [9.17, 15) is 9.00 Å². The van der Waals surface area contributed by atoms with E-state index in [1.165, 1.54) is 0 Å². The highest BCUT2D eigenvalue weighted by molar-refractivity contribution is 7.83. The van der Waals surface area contributed by atoms with Gasteiger partial charge in [0.15, 0.2) is 0 Å². The minimum Gasteiger partial charge on any atom is -0.322 e. The Bertz CT molecular complexity index is 738. The average Bonchev–Trinajstić information content (AvgIpc) is 2.56. The molecule has 126 valence electrons. The largest absolute Gasteiger partial charge is 0.322 e. The van der Waals surface area contributed by atoms with E-state index in [4.69, 9.17) is 0 Å². The molecule has 1 unspecified atom stereocenters. The van der Waals surface area contributed by atoms with E-state index < -0.39 is 10.8 Å². The maximum Gasteiger partial charge on any atom is 0.250 e. The van der Waals surface area contributed by atoms with Gasteiger partial charge in [0.1, 0.15) is 0 Å². The fourth-order valence-corrected chi connectivity index (χ4v) is 3.58. The van der Waals surface area contributed by atoms with Gasteiger partial charge in [0.2, 0.25) is 0 Å². The maximum atomic E-state index is 12.3. The van der Waals surface area contributed by atoms with Gasteiger partial charge in [-0.05, 0) is 36.6 Å². The van der Waals surface area contributed by atoms with Gasteiger partial charge >= 0.3 is 0 Å². The van der Waals surface area contributed by atoms with E-state index in [1.807, 2.05) is 67.6 Å². The third kappa shape index (κ3) is 5.78. The summed E-state index contributed by atoms with van der Waals surface area (Å²) in [6.45, 7) is 3.80. The summed E-state index contributed by atoms with van der Waals surface area (Å²) in [6, 6.07) is 17.4. The predicted octanol–water partition coefficient (Wildman–Crippen LogP) is 4.43. The summed E-state index contributed by atoms with van der Waals surface area (Å²) >= 11 is 0. The summed E-state index contributed by atoms with van der Waals surface area (Å²) in [5, 5.41) is 2.88. The molecule has 0 saturated carbocycles. The zero-order valence-electron chi connectivity index (χ0n) is 14.1. The highest BCUT2D eigenvalue weighted by atomic mass is 32.2. The zero-order valence-corrected chi connectivity index (χ0v) is 14.9. The summed E-state index contributed by atoms with van der Waals surface area (Å²) in [4.78, 5) is 12.0. The van der Waals surface area contributed by atoms with E-state index in [-0.39, 0.29) is 5.91 Å². The van der Waals surface area contributed by atoms with E-state index in [0.29, 0.717) is 17.1 Å². The summed E-state index contributed by atoms with van der Waals surface area (Å²) in [5.41, 5.74) is 3.47. The molecule has 1 amide bonds. The minimum absolute atomic E-state index is 0.0978. The Labute approximate surface area is 146 Å². The first-order chi connectivity index (χ1) is 11.6. The smallest absolute Gasteiger partial charge is 0.250 e. The Morgan fingerprint density at radius 2 is 1.71 bits per heavy atom. The third-order valence-electron chi connectivity index (χ3n) is 3.55. The first-order valence-corrected chi connectivity index (χ1v) is 9.53. The molecular weight excluding hydrogens is 318 g/mol. The molecule has 2 aromatic carbocycles. The van der Waals surface area contributed by atoms with Crippen molar-refractivity contribution >= 4 is 22.4 Å². The van der Waals surface area contributed by atoms with Crippen LogP contribution in [-0.4, -0.2) is 10.1 Å². The SMILES string of the molecule is CC/C=C(\C)C(=O)Nc1cccc(CS(=O)Cc2ccccc2)c1. The molecule has 2 rings (SSSR count). The van der Waals surface area contributed by atoms with Gasteiger partial charge in [-0.25, -0.2) is 0 Å². The molecular formula is C20H23NO2S. The van der Waals surface area contributed by atoms with Crippen LogP contribution in [0.5, 0.6) is 0 Å². The molecule has 0 saturated heterocycles. The van der Waals surface area contributed by atoms with Crippen LogP contribution in [0, 0.1) is 0 Å². The molecule has 0 aliphatic rings. The van der Waals surface area contributed by atoms with Gasteiger partial charge in [-0.15, -0.1) is 0 Å². The lowest BCUT2D eigenvalue weighted by atomic mass is 10.2. The fraction of sp³-hybridized carbons (Fsp3) is 0.250. The normalized spacial score (nSPS) is 12.7. The van der Waals surface area contributed by atoms with Gasteiger partial charge in [-0.2, -0.15) is 0 Å². The van der Waals surface area contributed by atoms with Gasteiger partial charge < -0.3 is 5.32 Å². The van der Waals surface area contributed by atoms with E-state index >= 15 is 0 Å². The molecule has 0 spiro atoms. The lowest BCUT2D eigenvalue weighted by Gasteiger charge is -2.08. The number of hydrogen-bond acceptors (Lipinski definition) is 2. The minimum atomic E-state index is -0.979. The molecule has 0 bridgehead atoms. The van der Waals surface area contributed by atoms with Crippen molar-refractivity contribution < 1.29 is 9.00 Å². The van der Waals surface area contributed by atoms with Crippen LogP contribution in [0.4, 0.5) is 5.69 Å². The second kappa shape index (κ2) is 9.18. The lowest BCUT2D eigenvalue weighted by molar-refractivity contribution is -0.112. The first kappa shape index (κ1) is 18.1. The van der Waals surface area contributed by atoms with Crippen LogP contribution in [-0.2, 0) is 27.1 Å². The van der Waals surface area contributed by atoms with Gasteiger partial charge in [0, 0.05) is 33.6 Å². The van der Waals surface area contributed by atoms with E-state index in [1.54, 1.807) is 6.92 Å². The number of allylic oxidation sites excluding steroid dienone is 1. The number of hydrogen-bond donors (Lipinski definition) is 1. The second-order valence-corrected chi connectivity index (χ2v) is 7.12. The topological polar surface area (TPSA) is 46.2 Å². The fourth-order valence-electron chi connectivity index (χ4n) is 2.36. The van der Waals surface area contributed by atoms with Gasteiger partial charge in [-0.3, -0.25) is 9.00 Å². The van der Waals surface area contributed by atoms with Gasteiger partial charge in [0.05, 0.1) is 0 Å². The molecule has 0 aliphatic carbocycles. The maximum absolute atomic E-state index is 12.3. The summed E-state index contributed by atoms with van der Waals surface area (Å²) in [6.07, 6.45) is 2.73. The average molecular weight is 341 g/mol. The summed E-state index contributed by atoms with van der Waals surface area (Å²) in [7, 11) is -0.979. The number of nitrogens with one attached hydrogen (secondary N) is 1. The number of benzene rings is 2. The Morgan fingerprint density at radius 3 is 2.42 bits per heavy atom. The number of amides is 1. The highest BCUT2D eigenvalue weighted by Gasteiger charge is 2.07. The molecule has 1 N–H and O–H groups in total. The Morgan fingerprint density at radius 1 is 1.04 bits per heavy atom.